The molecular formula is C27H38N2O8. The molecule has 2 fully saturated rings. The highest BCUT2D eigenvalue weighted by molar-refractivity contribution is 6.08. The Hall–Kier alpha value is -3.14. The maximum atomic E-state index is 13.6. The van der Waals surface area contributed by atoms with E-state index in [1.807, 2.05) is 30.3 Å². The van der Waals surface area contributed by atoms with Gasteiger partial charge in [0.1, 0.15) is 23.7 Å². The quantitative estimate of drug-likeness (QED) is 0.426. The number of likely N-dealkylation sites (tertiary alicyclic amines) is 2. The van der Waals surface area contributed by atoms with Gasteiger partial charge in [-0.25, -0.2) is 9.59 Å². The molecule has 2 heterocycles. The molecule has 1 N–H and O–H groups in total. The van der Waals surface area contributed by atoms with Crippen LogP contribution in [0.1, 0.15) is 58.9 Å². The van der Waals surface area contributed by atoms with Crippen LogP contribution in [0.3, 0.4) is 0 Å². The number of carbonyl (C=O) groups is 4. The van der Waals surface area contributed by atoms with Crippen LogP contribution in [0.15, 0.2) is 30.3 Å². The predicted molar refractivity (Wildman–Crippen MR) is 134 cm³/mol. The van der Waals surface area contributed by atoms with Crippen LogP contribution >= 0.6 is 0 Å². The minimum absolute atomic E-state index is 0.0356. The van der Waals surface area contributed by atoms with E-state index < -0.39 is 41.0 Å². The van der Waals surface area contributed by atoms with Gasteiger partial charge in [0.05, 0.1) is 12.7 Å². The minimum atomic E-state index is -1.40. The van der Waals surface area contributed by atoms with Crippen molar-refractivity contribution in [1.82, 2.24) is 9.80 Å². The molecule has 0 aliphatic carbocycles. The van der Waals surface area contributed by atoms with Crippen LogP contribution in [0.2, 0.25) is 0 Å². The zero-order valence-electron chi connectivity index (χ0n) is 22.1. The lowest BCUT2D eigenvalue weighted by Crippen LogP contribution is -2.61. The second-order valence-electron chi connectivity index (χ2n) is 10.6. The van der Waals surface area contributed by atoms with Crippen molar-refractivity contribution < 1.29 is 38.5 Å². The fourth-order valence-corrected chi connectivity index (χ4v) is 4.76. The predicted octanol–water partition coefficient (Wildman–Crippen LogP) is 3.86. The Balaban J connectivity index is 1.57. The van der Waals surface area contributed by atoms with Crippen LogP contribution in [0, 0.1) is 5.41 Å². The van der Waals surface area contributed by atoms with Crippen LogP contribution in [0.25, 0.3) is 0 Å². The van der Waals surface area contributed by atoms with E-state index in [0.29, 0.717) is 25.9 Å². The number of esters is 1. The minimum Gasteiger partial charge on any atom is -0.465 e. The van der Waals surface area contributed by atoms with Crippen LogP contribution in [0.4, 0.5) is 9.59 Å². The van der Waals surface area contributed by atoms with E-state index in [9.17, 15) is 24.3 Å². The molecule has 2 saturated heterocycles. The lowest BCUT2D eigenvalue weighted by molar-refractivity contribution is -0.176. The van der Waals surface area contributed by atoms with Crippen molar-refractivity contribution in [3.05, 3.63) is 35.9 Å². The zero-order valence-corrected chi connectivity index (χ0v) is 22.1. The third-order valence-electron chi connectivity index (χ3n) is 6.96. The summed E-state index contributed by atoms with van der Waals surface area (Å²) >= 11 is 0. The normalized spacial score (nSPS) is 23.0. The Labute approximate surface area is 217 Å². The maximum Gasteiger partial charge on any atom is 0.410 e. The van der Waals surface area contributed by atoms with E-state index in [1.54, 1.807) is 32.6 Å². The van der Waals surface area contributed by atoms with Crippen molar-refractivity contribution in [3.8, 4) is 0 Å². The SMILES string of the molecule is CCC1(C(=O)OC(C)(C)C)CCN(C(=O)O)C(COC2CCN(C(=O)OCc3ccccc3)CC2)C1=O. The molecule has 10 heteroatoms. The summed E-state index contributed by atoms with van der Waals surface area (Å²) in [6, 6.07) is 8.32. The second kappa shape index (κ2) is 11.9. The molecule has 0 radical (unpaired) electrons. The van der Waals surface area contributed by atoms with E-state index in [2.05, 4.69) is 0 Å². The molecule has 1 aromatic carbocycles. The number of rotatable bonds is 7. The number of amides is 2. The molecule has 0 bridgehead atoms. The Bertz CT molecular complexity index is 968. The number of hydrogen-bond acceptors (Lipinski definition) is 7. The molecule has 0 saturated carbocycles. The number of carbonyl (C=O) groups excluding carboxylic acids is 3. The molecule has 2 aliphatic rings. The summed E-state index contributed by atoms with van der Waals surface area (Å²) in [7, 11) is 0. The van der Waals surface area contributed by atoms with Gasteiger partial charge in [0.25, 0.3) is 0 Å². The van der Waals surface area contributed by atoms with Gasteiger partial charge in [-0.2, -0.15) is 0 Å². The van der Waals surface area contributed by atoms with Crippen LogP contribution in [0.5, 0.6) is 0 Å². The summed E-state index contributed by atoms with van der Waals surface area (Å²) in [5.74, 6) is -1.11. The van der Waals surface area contributed by atoms with Gasteiger partial charge in [0.2, 0.25) is 0 Å². The van der Waals surface area contributed by atoms with E-state index >= 15 is 0 Å². The number of nitrogens with zero attached hydrogens (tertiary/aromatic N) is 2. The van der Waals surface area contributed by atoms with E-state index in [0.717, 1.165) is 10.5 Å². The molecule has 2 atom stereocenters. The first-order valence-electron chi connectivity index (χ1n) is 12.8. The number of benzene rings is 1. The van der Waals surface area contributed by atoms with Gasteiger partial charge in [0.15, 0.2) is 5.78 Å². The molecule has 10 nitrogen and oxygen atoms in total. The number of piperidine rings is 2. The fourth-order valence-electron chi connectivity index (χ4n) is 4.76. The Morgan fingerprint density at radius 3 is 2.30 bits per heavy atom. The highest BCUT2D eigenvalue weighted by Gasteiger charge is 2.54. The van der Waals surface area contributed by atoms with Gasteiger partial charge >= 0.3 is 18.2 Å². The molecule has 1 aromatic rings. The lowest BCUT2D eigenvalue weighted by Gasteiger charge is -2.43. The van der Waals surface area contributed by atoms with Crippen LogP contribution in [-0.2, 0) is 30.4 Å². The molecule has 3 rings (SSSR count). The lowest BCUT2D eigenvalue weighted by atomic mass is 9.72. The maximum absolute atomic E-state index is 13.6. The summed E-state index contributed by atoms with van der Waals surface area (Å²) < 4.78 is 16.9. The molecule has 2 aliphatic heterocycles. The molecule has 0 aromatic heterocycles. The molecule has 2 amide bonds. The number of carboxylic acid groups (broad SMARTS) is 1. The number of Topliss-reactive ketones (excluding diaryl/α,β-unsaturated/α-hetero) is 1. The molecule has 37 heavy (non-hydrogen) atoms. The van der Waals surface area contributed by atoms with Gasteiger partial charge in [-0.15, -0.1) is 0 Å². The van der Waals surface area contributed by atoms with Crippen molar-refractivity contribution in [2.45, 2.75) is 77.7 Å². The largest absolute Gasteiger partial charge is 0.465 e. The van der Waals surface area contributed by atoms with E-state index in [1.165, 1.54) is 0 Å². The Morgan fingerprint density at radius 2 is 1.73 bits per heavy atom. The topological polar surface area (TPSA) is 123 Å². The van der Waals surface area contributed by atoms with Gasteiger partial charge in [-0.3, -0.25) is 14.5 Å². The number of ether oxygens (including phenoxy) is 3. The van der Waals surface area contributed by atoms with E-state index in [4.69, 9.17) is 14.2 Å². The number of hydrogen-bond donors (Lipinski definition) is 1. The summed E-state index contributed by atoms with van der Waals surface area (Å²) in [6.07, 6.45) is -0.531. The Morgan fingerprint density at radius 1 is 1.08 bits per heavy atom. The summed E-state index contributed by atoms with van der Waals surface area (Å²) in [6.45, 7) is 7.87. The zero-order chi connectivity index (χ0) is 27.2. The van der Waals surface area contributed by atoms with Crippen molar-refractivity contribution >= 4 is 23.9 Å². The van der Waals surface area contributed by atoms with Gasteiger partial charge < -0.3 is 24.2 Å². The first-order valence-corrected chi connectivity index (χ1v) is 12.8. The molecule has 0 spiro atoms. The fraction of sp³-hybridized carbons (Fsp3) is 0.630. The van der Waals surface area contributed by atoms with Crippen molar-refractivity contribution in [1.29, 1.82) is 0 Å². The van der Waals surface area contributed by atoms with Crippen molar-refractivity contribution in [2.24, 2.45) is 5.41 Å². The highest BCUT2D eigenvalue weighted by Crippen LogP contribution is 2.38. The van der Waals surface area contributed by atoms with Gasteiger partial charge in [-0.05, 0) is 52.0 Å². The highest BCUT2D eigenvalue weighted by atomic mass is 16.6. The molecule has 204 valence electrons. The molecule has 2 unspecified atom stereocenters. The monoisotopic (exact) mass is 518 g/mol. The first-order chi connectivity index (χ1) is 17.5. The summed E-state index contributed by atoms with van der Waals surface area (Å²) in [4.78, 5) is 53.6. The van der Waals surface area contributed by atoms with Gasteiger partial charge in [-0.1, -0.05) is 37.3 Å². The first kappa shape index (κ1) is 28.4. The van der Waals surface area contributed by atoms with Crippen LogP contribution in [-0.4, -0.2) is 82.8 Å². The third-order valence-corrected chi connectivity index (χ3v) is 6.96. The summed E-state index contributed by atoms with van der Waals surface area (Å²) in [5.41, 5.74) is -1.27. The summed E-state index contributed by atoms with van der Waals surface area (Å²) in [5, 5.41) is 9.70. The van der Waals surface area contributed by atoms with Gasteiger partial charge in [0, 0.05) is 19.6 Å². The van der Waals surface area contributed by atoms with Crippen molar-refractivity contribution in [3.63, 3.8) is 0 Å². The third kappa shape index (κ3) is 7.00. The number of ketones is 1. The Kier molecular flexibility index (Phi) is 9.17. The van der Waals surface area contributed by atoms with E-state index in [-0.39, 0.29) is 38.7 Å². The smallest absolute Gasteiger partial charge is 0.410 e. The van der Waals surface area contributed by atoms with Crippen LogP contribution < -0.4 is 0 Å². The average molecular weight is 519 g/mol. The average Bonchev–Trinajstić information content (AvgIpc) is 2.86. The second-order valence-corrected chi connectivity index (χ2v) is 10.6. The van der Waals surface area contributed by atoms with Crippen molar-refractivity contribution in [2.75, 3.05) is 26.2 Å². The standard InChI is InChI=1S/C27H38N2O8/c1-5-27(23(31)37-26(2,3)4)13-16-29(24(32)33)21(22(27)30)18-35-20-11-14-28(15-12-20)25(34)36-17-19-9-7-6-8-10-19/h6-10,20-21H,5,11-18H2,1-4H3,(H,32,33). The molecular weight excluding hydrogens is 480 g/mol.